The highest BCUT2D eigenvalue weighted by molar-refractivity contribution is 5.78. The Hall–Kier alpha value is -1.78. The van der Waals surface area contributed by atoms with Gasteiger partial charge in [0.1, 0.15) is 11.9 Å². The molecule has 0 bridgehead atoms. The molecule has 3 N–H and O–H groups in total. The van der Waals surface area contributed by atoms with Crippen molar-refractivity contribution in [2.75, 3.05) is 17.7 Å². The molecule has 4 nitrogen and oxygen atoms in total. The number of hydrogen-bond donors (Lipinski definition) is 2. The lowest BCUT2D eigenvalue weighted by molar-refractivity contribution is -0.143. The maximum absolute atomic E-state index is 13.4. The maximum Gasteiger partial charge on any atom is 0.328 e. The third-order valence-electron chi connectivity index (χ3n) is 2.01. The minimum Gasteiger partial charge on any atom is -0.464 e. The molecule has 0 aliphatic rings. The zero-order valence-corrected chi connectivity index (χ0v) is 9.29. The van der Waals surface area contributed by atoms with Crippen molar-refractivity contribution in [3.8, 4) is 0 Å². The quantitative estimate of drug-likeness (QED) is 0.606. The summed E-state index contributed by atoms with van der Waals surface area (Å²) in [6.45, 7) is 3.62. The first-order valence-electron chi connectivity index (χ1n) is 5.02. The Morgan fingerprint density at radius 3 is 2.88 bits per heavy atom. The molecule has 1 atom stereocenters. The van der Waals surface area contributed by atoms with Crippen molar-refractivity contribution in [2.45, 2.75) is 19.9 Å². The average molecular weight is 226 g/mol. The van der Waals surface area contributed by atoms with E-state index >= 15 is 0 Å². The van der Waals surface area contributed by atoms with E-state index in [0.29, 0.717) is 12.3 Å². The molecule has 88 valence electrons. The smallest absolute Gasteiger partial charge is 0.328 e. The molecule has 1 unspecified atom stereocenters. The summed E-state index contributed by atoms with van der Waals surface area (Å²) >= 11 is 0. The van der Waals surface area contributed by atoms with E-state index in [1.165, 1.54) is 12.1 Å². The van der Waals surface area contributed by atoms with Gasteiger partial charge < -0.3 is 15.8 Å². The topological polar surface area (TPSA) is 64.3 Å². The Morgan fingerprint density at radius 2 is 2.31 bits per heavy atom. The highest BCUT2D eigenvalue weighted by Crippen LogP contribution is 2.17. The molecule has 0 radical (unpaired) electrons. The molecule has 0 amide bonds. The highest BCUT2D eigenvalue weighted by atomic mass is 19.1. The lowest BCUT2D eigenvalue weighted by atomic mass is 10.2. The third-order valence-corrected chi connectivity index (χ3v) is 2.01. The minimum absolute atomic E-state index is 0.231. The van der Waals surface area contributed by atoms with E-state index in [2.05, 4.69) is 5.32 Å². The third kappa shape index (κ3) is 3.12. The largest absolute Gasteiger partial charge is 0.464 e. The van der Waals surface area contributed by atoms with Crippen molar-refractivity contribution in [1.82, 2.24) is 0 Å². The Balaban J connectivity index is 2.69. The molecule has 0 aliphatic heterocycles. The maximum atomic E-state index is 13.4. The first-order valence-corrected chi connectivity index (χ1v) is 5.02. The van der Waals surface area contributed by atoms with Crippen LogP contribution in [0.25, 0.3) is 0 Å². The van der Waals surface area contributed by atoms with Crippen LogP contribution in [-0.2, 0) is 9.53 Å². The van der Waals surface area contributed by atoms with E-state index < -0.39 is 17.8 Å². The van der Waals surface area contributed by atoms with Crippen LogP contribution >= 0.6 is 0 Å². The molecule has 0 saturated heterocycles. The van der Waals surface area contributed by atoms with Gasteiger partial charge in [0, 0.05) is 5.69 Å². The number of hydrogen-bond acceptors (Lipinski definition) is 4. The van der Waals surface area contributed by atoms with Gasteiger partial charge in [-0.2, -0.15) is 0 Å². The molecule has 0 spiro atoms. The first-order chi connectivity index (χ1) is 7.54. The van der Waals surface area contributed by atoms with E-state index in [-0.39, 0.29) is 5.69 Å². The Bertz CT molecular complexity index is 382. The SMILES string of the molecule is CCOC(=O)C(C)Nc1ccc(N)cc1F. The number of anilines is 2. The van der Waals surface area contributed by atoms with Crippen molar-refractivity contribution >= 4 is 17.3 Å². The van der Waals surface area contributed by atoms with Crippen LogP contribution in [0.5, 0.6) is 0 Å². The number of nitrogens with two attached hydrogens (primary N) is 1. The van der Waals surface area contributed by atoms with Gasteiger partial charge in [0.15, 0.2) is 0 Å². The molecular formula is C11H15FN2O2. The Labute approximate surface area is 93.6 Å². The van der Waals surface area contributed by atoms with Gasteiger partial charge in [0.25, 0.3) is 0 Å². The molecule has 0 aromatic heterocycles. The van der Waals surface area contributed by atoms with Crippen LogP contribution in [0, 0.1) is 5.82 Å². The lowest BCUT2D eigenvalue weighted by Crippen LogP contribution is -2.28. The number of rotatable bonds is 4. The van der Waals surface area contributed by atoms with Crippen LogP contribution in [0.2, 0.25) is 0 Å². The zero-order chi connectivity index (χ0) is 12.1. The fraction of sp³-hybridized carbons (Fsp3) is 0.364. The van der Waals surface area contributed by atoms with Gasteiger partial charge in [-0.05, 0) is 32.0 Å². The van der Waals surface area contributed by atoms with Crippen LogP contribution in [0.1, 0.15) is 13.8 Å². The highest BCUT2D eigenvalue weighted by Gasteiger charge is 2.15. The van der Waals surface area contributed by atoms with Crippen molar-refractivity contribution in [2.24, 2.45) is 0 Å². The number of esters is 1. The van der Waals surface area contributed by atoms with Gasteiger partial charge in [-0.3, -0.25) is 0 Å². The minimum atomic E-state index is -0.599. The van der Waals surface area contributed by atoms with E-state index in [4.69, 9.17) is 10.5 Å². The molecule has 1 aromatic carbocycles. The van der Waals surface area contributed by atoms with E-state index in [1.807, 2.05) is 0 Å². The molecular weight excluding hydrogens is 211 g/mol. The molecule has 5 heteroatoms. The van der Waals surface area contributed by atoms with E-state index in [9.17, 15) is 9.18 Å². The number of nitrogen functional groups attached to an aromatic ring is 1. The van der Waals surface area contributed by atoms with Gasteiger partial charge in [-0.15, -0.1) is 0 Å². The first kappa shape index (κ1) is 12.3. The predicted molar refractivity (Wildman–Crippen MR) is 60.5 cm³/mol. The summed E-state index contributed by atoms with van der Waals surface area (Å²) in [4.78, 5) is 11.3. The van der Waals surface area contributed by atoms with Crippen molar-refractivity contribution in [1.29, 1.82) is 0 Å². The van der Waals surface area contributed by atoms with Gasteiger partial charge in [0.05, 0.1) is 12.3 Å². The summed E-state index contributed by atoms with van der Waals surface area (Å²) in [5.74, 6) is -0.908. The fourth-order valence-corrected chi connectivity index (χ4v) is 1.21. The molecule has 0 saturated carbocycles. The molecule has 1 rings (SSSR count). The summed E-state index contributed by atoms with van der Waals surface area (Å²) in [6, 6.07) is 3.64. The second-order valence-corrected chi connectivity index (χ2v) is 3.36. The number of halogens is 1. The second-order valence-electron chi connectivity index (χ2n) is 3.36. The predicted octanol–water partition coefficient (Wildman–Crippen LogP) is 1.77. The van der Waals surface area contributed by atoms with E-state index in [0.717, 1.165) is 0 Å². The number of carbonyl (C=O) groups is 1. The molecule has 0 fully saturated rings. The molecule has 16 heavy (non-hydrogen) atoms. The fourth-order valence-electron chi connectivity index (χ4n) is 1.21. The summed E-state index contributed by atoms with van der Waals surface area (Å²) in [5, 5.41) is 2.72. The van der Waals surface area contributed by atoms with Gasteiger partial charge >= 0.3 is 5.97 Å². The van der Waals surface area contributed by atoms with E-state index in [1.54, 1.807) is 19.9 Å². The summed E-state index contributed by atoms with van der Waals surface area (Å²) in [7, 11) is 0. The van der Waals surface area contributed by atoms with Crippen molar-refractivity contribution < 1.29 is 13.9 Å². The molecule has 1 aromatic rings. The molecule has 0 heterocycles. The molecule has 0 aliphatic carbocycles. The number of ether oxygens (including phenoxy) is 1. The van der Waals surface area contributed by atoms with Gasteiger partial charge in [-0.1, -0.05) is 0 Å². The number of benzene rings is 1. The summed E-state index contributed by atoms with van der Waals surface area (Å²) < 4.78 is 18.2. The van der Waals surface area contributed by atoms with Gasteiger partial charge in [-0.25, -0.2) is 9.18 Å². The average Bonchev–Trinajstić information content (AvgIpc) is 2.22. The van der Waals surface area contributed by atoms with Crippen LogP contribution in [0.3, 0.4) is 0 Å². The van der Waals surface area contributed by atoms with Crippen molar-refractivity contribution in [3.63, 3.8) is 0 Å². The van der Waals surface area contributed by atoms with Crippen LogP contribution in [-0.4, -0.2) is 18.6 Å². The van der Waals surface area contributed by atoms with Gasteiger partial charge in [0.2, 0.25) is 0 Å². The standard InChI is InChI=1S/C11H15FN2O2/c1-3-16-11(15)7(2)14-10-5-4-8(13)6-9(10)12/h4-7,14H,3,13H2,1-2H3. The monoisotopic (exact) mass is 226 g/mol. The Morgan fingerprint density at radius 1 is 1.62 bits per heavy atom. The summed E-state index contributed by atoms with van der Waals surface area (Å²) in [6.07, 6.45) is 0. The normalized spacial score (nSPS) is 11.9. The zero-order valence-electron chi connectivity index (χ0n) is 9.29. The number of carbonyl (C=O) groups excluding carboxylic acids is 1. The van der Waals surface area contributed by atoms with Crippen LogP contribution in [0.15, 0.2) is 18.2 Å². The van der Waals surface area contributed by atoms with Crippen LogP contribution in [0.4, 0.5) is 15.8 Å². The summed E-state index contributed by atoms with van der Waals surface area (Å²) in [5.41, 5.74) is 5.98. The number of nitrogens with one attached hydrogen (secondary N) is 1. The van der Waals surface area contributed by atoms with Crippen molar-refractivity contribution in [3.05, 3.63) is 24.0 Å². The second kappa shape index (κ2) is 5.34. The van der Waals surface area contributed by atoms with Crippen LogP contribution < -0.4 is 11.1 Å². The lowest BCUT2D eigenvalue weighted by Gasteiger charge is -2.14. The Kier molecular flexibility index (Phi) is 4.10.